The highest BCUT2D eigenvalue weighted by molar-refractivity contribution is 5.71. The van der Waals surface area contributed by atoms with E-state index in [-0.39, 0.29) is 30.7 Å². The van der Waals surface area contributed by atoms with Crippen molar-refractivity contribution < 1.29 is 13.2 Å². The number of hydrogen-bond donors (Lipinski definition) is 2. The molecule has 4 saturated carbocycles. The molecule has 4 bridgehead atoms. The van der Waals surface area contributed by atoms with Crippen LogP contribution in [0, 0.1) is 30.1 Å². The Labute approximate surface area is 227 Å². The summed E-state index contributed by atoms with van der Waals surface area (Å²) in [6.45, 7) is 11.0. The molecular formula is C28H37F3N8. The fourth-order valence-electron chi connectivity index (χ4n) is 8.55. The van der Waals surface area contributed by atoms with E-state index in [0.717, 1.165) is 48.2 Å². The normalized spacial score (nSPS) is 35.8. The van der Waals surface area contributed by atoms with Crippen molar-refractivity contribution in [3.63, 3.8) is 0 Å². The maximum atomic E-state index is 13.7. The average Bonchev–Trinajstić information content (AvgIpc) is 3.15. The highest BCUT2D eigenvalue weighted by Gasteiger charge is 2.81. The molecule has 39 heavy (non-hydrogen) atoms. The van der Waals surface area contributed by atoms with E-state index >= 15 is 0 Å². The van der Waals surface area contributed by atoms with Gasteiger partial charge in [-0.05, 0) is 50.4 Å². The Morgan fingerprint density at radius 3 is 2.46 bits per heavy atom. The number of halogens is 3. The molecule has 2 aromatic heterocycles. The first-order chi connectivity index (χ1) is 18.3. The SMILES string of the molecule is CNc1nc(NC2C3CC(C)C2CN(c2cc(C)ncn2)C3)nc2c1C(C)(C)CN2C12CC(C(F)(F)F)(C1)C2. The van der Waals surface area contributed by atoms with Gasteiger partial charge in [0.15, 0.2) is 0 Å². The zero-order valence-electron chi connectivity index (χ0n) is 23.2. The Balaban J connectivity index is 1.17. The van der Waals surface area contributed by atoms with Crippen LogP contribution in [0.1, 0.15) is 57.7 Å². The minimum absolute atomic E-state index is 0.170. The van der Waals surface area contributed by atoms with Crippen LogP contribution < -0.4 is 20.4 Å². The molecule has 0 amide bonds. The van der Waals surface area contributed by atoms with Crippen molar-refractivity contribution in [2.45, 2.75) is 76.6 Å². The van der Waals surface area contributed by atoms with E-state index in [1.807, 2.05) is 20.0 Å². The lowest BCUT2D eigenvalue weighted by Gasteiger charge is -2.73. The average molecular weight is 543 g/mol. The summed E-state index contributed by atoms with van der Waals surface area (Å²) in [5, 5.41) is 6.99. The van der Waals surface area contributed by atoms with Crippen LogP contribution in [-0.2, 0) is 5.41 Å². The largest absolute Gasteiger partial charge is 0.394 e. The predicted octanol–water partition coefficient (Wildman–Crippen LogP) is 4.77. The van der Waals surface area contributed by atoms with Crippen LogP contribution in [0.5, 0.6) is 0 Å². The monoisotopic (exact) mass is 542 g/mol. The van der Waals surface area contributed by atoms with Gasteiger partial charge in [-0.2, -0.15) is 23.1 Å². The van der Waals surface area contributed by atoms with Gasteiger partial charge in [0.2, 0.25) is 5.95 Å². The van der Waals surface area contributed by atoms with Crippen molar-refractivity contribution in [3.05, 3.63) is 23.7 Å². The molecule has 210 valence electrons. The lowest BCUT2D eigenvalue weighted by Crippen LogP contribution is -2.79. The fourth-order valence-corrected chi connectivity index (χ4v) is 8.55. The Morgan fingerprint density at radius 1 is 1.08 bits per heavy atom. The van der Waals surface area contributed by atoms with Gasteiger partial charge < -0.3 is 20.4 Å². The molecule has 2 aliphatic heterocycles. The van der Waals surface area contributed by atoms with Crippen LogP contribution in [-0.4, -0.2) is 64.4 Å². The van der Waals surface area contributed by atoms with Crippen LogP contribution in [0.3, 0.4) is 0 Å². The minimum atomic E-state index is -4.13. The molecule has 4 atom stereocenters. The highest BCUT2D eigenvalue weighted by Crippen LogP contribution is 2.76. The molecule has 11 heteroatoms. The standard InChI is InChI=1S/C28H37F3N8/c1-15-6-17-8-38(19-7-16(2)33-14-34-19)9-18(15)21(17)35-24-36-22(32-5)20-23(37-24)39(13-25(20,3)4)27-10-26(11-27,12-27)28(29,30)31/h7,14-15,17-18,21H,6,8-13H2,1-5H3,(H2,32,35,36,37). The van der Waals surface area contributed by atoms with E-state index in [1.54, 1.807) is 6.33 Å². The van der Waals surface area contributed by atoms with Crippen LogP contribution in [0.2, 0.25) is 0 Å². The number of hydrogen-bond acceptors (Lipinski definition) is 8. The quantitative estimate of drug-likeness (QED) is 0.559. The summed E-state index contributed by atoms with van der Waals surface area (Å²) in [5.41, 5.74) is -0.230. The number of rotatable bonds is 5. The summed E-state index contributed by atoms with van der Waals surface area (Å²) in [6.07, 6.45) is -0.866. The highest BCUT2D eigenvalue weighted by atomic mass is 19.4. The number of aryl methyl sites for hydroxylation is 1. The third kappa shape index (κ3) is 3.49. The zero-order valence-corrected chi connectivity index (χ0v) is 23.2. The molecular weight excluding hydrogens is 505 g/mol. The molecule has 8 rings (SSSR count). The molecule has 4 heterocycles. The smallest absolute Gasteiger partial charge is 0.373 e. The first-order valence-corrected chi connectivity index (χ1v) is 14.1. The van der Waals surface area contributed by atoms with Gasteiger partial charge in [0.25, 0.3) is 0 Å². The summed E-state index contributed by atoms with van der Waals surface area (Å²) in [4.78, 5) is 23.3. The Bertz CT molecular complexity index is 1310. The van der Waals surface area contributed by atoms with Gasteiger partial charge in [-0.25, -0.2) is 9.97 Å². The van der Waals surface area contributed by atoms with Crippen LogP contribution >= 0.6 is 0 Å². The van der Waals surface area contributed by atoms with Gasteiger partial charge in [0, 0.05) is 61.0 Å². The van der Waals surface area contributed by atoms with E-state index in [4.69, 9.17) is 9.97 Å². The Morgan fingerprint density at radius 2 is 1.82 bits per heavy atom. The summed E-state index contributed by atoms with van der Waals surface area (Å²) in [7, 11) is 1.86. The molecule has 2 aromatic rings. The Kier molecular flexibility index (Phi) is 5.08. The number of aromatic nitrogens is 4. The van der Waals surface area contributed by atoms with E-state index in [9.17, 15) is 13.2 Å². The summed E-state index contributed by atoms with van der Waals surface area (Å²) in [6, 6.07) is 2.28. The van der Waals surface area contributed by atoms with Gasteiger partial charge >= 0.3 is 6.18 Å². The number of piperidine rings is 1. The zero-order chi connectivity index (χ0) is 27.5. The summed E-state index contributed by atoms with van der Waals surface area (Å²) in [5.74, 6) is 4.48. The van der Waals surface area contributed by atoms with Gasteiger partial charge in [0.05, 0.1) is 5.41 Å². The fraction of sp³-hybridized carbons (Fsp3) is 0.714. The number of anilines is 4. The lowest BCUT2D eigenvalue weighted by atomic mass is 9.38. The van der Waals surface area contributed by atoms with Gasteiger partial charge in [-0.15, -0.1) is 0 Å². The molecule has 5 fully saturated rings. The second-order valence-electron chi connectivity index (χ2n) is 13.6. The first kappa shape index (κ1) is 25.1. The van der Waals surface area contributed by atoms with Gasteiger partial charge in [-0.1, -0.05) is 20.8 Å². The number of nitrogens with zero attached hydrogens (tertiary/aromatic N) is 6. The second-order valence-corrected chi connectivity index (χ2v) is 13.6. The van der Waals surface area contributed by atoms with E-state index < -0.39 is 17.1 Å². The van der Waals surface area contributed by atoms with E-state index in [0.29, 0.717) is 30.2 Å². The van der Waals surface area contributed by atoms with Crippen molar-refractivity contribution >= 4 is 23.4 Å². The maximum absolute atomic E-state index is 13.7. The third-order valence-corrected chi connectivity index (χ3v) is 10.5. The minimum Gasteiger partial charge on any atom is -0.373 e. The maximum Gasteiger partial charge on any atom is 0.394 e. The van der Waals surface area contributed by atoms with Crippen molar-refractivity contribution in [1.82, 2.24) is 19.9 Å². The third-order valence-electron chi connectivity index (χ3n) is 10.5. The molecule has 2 N–H and O–H groups in total. The molecule has 8 nitrogen and oxygen atoms in total. The number of alkyl halides is 3. The van der Waals surface area contributed by atoms with Crippen molar-refractivity contribution in [1.29, 1.82) is 0 Å². The lowest BCUT2D eigenvalue weighted by molar-refractivity contribution is -0.332. The summed E-state index contributed by atoms with van der Waals surface area (Å²) >= 11 is 0. The molecule has 6 aliphatic rings. The van der Waals surface area contributed by atoms with Crippen LogP contribution in [0.25, 0.3) is 0 Å². The number of fused-ring (bicyclic) bond motifs is 3. The van der Waals surface area contributed by atoms with Gasteiger partial charge in [0.1, 0.15) is 23.8 Å². The molecule has 4 aliphatic carbocycles. The topological polar surface area (TPSA) is 82.1 Å². The number of nitrogens with one attached hydrogen (secondary N) is 2. The predicted molar refractivity (Wildman–Crippen MR) is 144 cm³/mol. The van der Waals surface area contributed by atoms with Gasteiger partial charge in [-0.3, -0.25) is 0 Å². The van der Waals surface area contributed by atoms with Crippen molar-refractivity contribution in [3.8, 4) is 0 Å². The molecule has 1 saturated heterocycles. The van der Waals surface area contributed by atoms with Crippen molar-refractivity contribution in [2.24, 2.45) is 23.2 Å². The molecule has 0 aromatic carbocycles. The molecule has 0 radical (unpaired) electrons. The first-order valence-electron chi connectivity index (χ1n) is 14.1. The van der Waals surface area contributed by atoms with E-state index in [2.05, 4.69) is 51.2 Å². The molecule has 4 unspecified atom stereocenters. The van der Waals surface area contributed by atoms with Crippen LogP contribution in [0.4, 0.5) is 36.6 Å². The van der Waals surface area contributed by atoms with Crippen molar-refractivity contribution in [2.75, 3.05) is 47.1 Å². The second kappa shape index (κ2) is 7.87. The Hall–Kier alpha value is -2.85. The van der Waals surface area contributed by atoms with E-state index in [1.165, 1.54) is 0 Å². The summed E-state index contributed by atoms with van der Waals surface area (Å²) < 4.78 is 41.0. The van der Waals surface area contributed by atoms with Crippen LogP contribution in [0.15, 0.2) is 12.4 Å². The molecule has 0 spiro atoms.